The molecule has 1 aromatic heterocycles. The molecule has 0 aliphatic rings. The molecule has 0 bridgehead atoms. The molecule has 0 saturated heterocycles. The third-order valence-electron chi connectivity index (χ3n) is 8.18. The molecule has 0 amide bonds. The molecule has 2 heteroatoms. The van der Waals surface area contributed by atoms with Crippen molar-refractivity contribution < 1.29 is 0 Å². The molecule has 0 saturated carbocycles. The molecular weight excluding hydrogens is 515 g/mol. The normalized spacial score (nSPS) is 11.5. The summed E-state index contributed by atoms with van der Waals surface area (Å²) in [6, 6.07) is 53.1. The summed E-state index contributed by atoms with van der Waals surface area (Å²) in [5.41, 5.74) is 7.25. The number of fused-ring (bicyclic) bond motifs is 5. The third kappa shape index (κ3) is 3.91. The van der Waals surface area contributed by atoms with E-state index in [9.17, 15) is 0 Å². The molecule has 8 aromatic rings. The van der Waals surface area contributed by atoms with Crippen molar-refractivity contribution in [2.24, 2.45) is 0 Å². The molecule has 194 valence electrons. The van der Waals surface area contributed by atoms with Crippen molar-refractivity contribution in [1.29, 1.82) is 0 Å². The second-order valence-electron chi connectivity index (χ2n) is 10.6. The monoisotopic (exact) mass is 541 g/mol. The van der Waals surface area contributed by atoms with E-state index < -0.39 is 0 Å². The molecule has 8 rings (SSSR count). The fraction of sp³-hybridized carbons (Fsp3) is 0.0256. The molecule has 0 unspecified atom stereocenters. The van der Waals surface area contributed by atoms with Crippen LogP contribution in [-0.2, 0) is 0 Å². The van der Waals surface area contributed by atoms with Gasteiger partial charge in [-0.05, 0) is 76.0 Å². The van der Waals surface area contributed by atoms with Crippen molar-refractivity contribution in [1.82, 2.24) is 0 Å². The summed E-state index contributed by atoms with van der Waals surface area (Å²) in [6.07, 6.45) is 0. The fourth-order valence-electron chi connectivity index (χ4n) is 6.25. The van der Waals surface area contributed by atoms with E-state index in [1.54, 1.807) is 0 Å². The van der Waals surface area contributed by atoms with Crippen LogP contribution in [0.3, 0.4) is 0 Å². The van der Waals surface area contributed by atoms with Crippen molar-refractivity contribution in [2.45, 2.75) is 6.92 Å². The Kier molecular flexibility index (Phi) is 5.61. The Morgan fingerprint density at radius 1 is 0.463 bits per heavy atom. The van der Waals surface area contributed by atoms with Crippen LogP contribution in [0.25, 0.3) is 52.8 Å². The van der Waals surface area contributed by atoms with E-state index in [0.717, 1.165) is 5.69 Å². The van der Waals surface area contributed by atoms with Crippen molar-refractivity contribution in [2.75, 3.05) is 4.90 Å². The van der Waals surface area contributed by atoms with Gasteiger partial charge in [0.05, 0.1) is 5.69 Å². The average Bonchev–Trinajstić information content (AvgIpc) is 3.40. The highest BCUT2D eigenvalue weighted by Gasteiger charge is 2.22. The van der Waals surface area contributed by atoms with Crippen LogP contribution >= 0.6 is 11.3 Å². The van der Waals surface area contributed by atoms with Gasteiger partial charge >= 0.3 is 0 Å². The predicted molar refractivity (Wildman–Crippen MR) is 179 cm³/mol. The van der Waals surface area contributed by atoms with Crippen LogP contribution in [0, 0.1) is 6.92 Å². The highest BCUT2D eigenvalue weighted by Crippen LogP contribution is 2.47. The molecule has 41 heavy (non-hydrogen) atoms. The lowest BCUT2D eigenvalue weighted by molar-refractivity contribution is 1.26. The molecule has 0 aliphatic carbocycles. The molecule has 1 nitrogen and oxygen atoms in total. The molecule has 0 atom stereocenters. The largest absolute Gasteiger partial charge is 0.310 e. The summed E-state index contributed by atoms with van der Waals surface area (Å²) in [5, 5.41) is 7.61. The number of rotatable bonds is 4. The van der Waals surface area contributed by atoms with Crippen LogP contribution in [0.4, 0.5) is 17.1 Å². The summed E-state index contributed by atoms with van der Waals surface area (Å²) < 4.78 is 2.64. The Morgan fingerprint density at radius 2 is 1.12 bits per heavy atom. The standard InChI is InChI=1S/C39H27NS/c1-26-11-2-8-19-35(26)40(29-22-24-38-34(25-29)32-17-7-9-20-37(32)41-38)36-23-21-28-13-4-6-16-31(28)39(36)33-18-10-14-27-12-3-5-15-30(27)33/h2-25H,1H3. The zero-order valence-corrected chi connectivity index (χ0v) is 23.5. The van der Waals surface area contributed by atoms with Gasteiger partial charge in [-0.15, -0.1) is 11.3 Å². The summed E-state index contributed by atoms with van der Waals surface area (Å²) in [5.74, 6) is 0. The van der Waals surface area contributed by atoms with E-state index in [0.29, 0.717) is 0 Å². The molecule has 1 heterocycles. The van der Waals surface area contributed by atoms with Gasteiger partial charge in [-0.25, -0.2) is 0 Å². The SMILES string of the molecule is Cc1ccccc1N(c1ccc2sc3ccccc3c2c1)c1ccc2ccccc2c1-c1cccc2ccccc12. The second-order valence-corrected chi connectivity index (χ2v) is 11.7. The van der Waals surface area contributed by atoms with E-state index in [2.05, 4.69) is 157 Å². The minimum Gasteiger partial charge on any atom is -0.310 e. The summed E-state index contributed by atoms with van der Waals surface area (Å²) in [6.45, 7) is 2.21. The van der Waals surface area contributed by atoms with Gasteiger partial charge in [0, 0.05) is 37.1 Å². The number of anilines is 3. The lowest BCUT2D eigenvalue weighted by Crippen LogP contribution is -2.12. The topological polar surface area (TPSA) is 3.24 Å². The predicted octanol–water partition coefficient (Wildman–Crippen LogP) is 11.8. The molecule has 0 aliphatic heterocycles. The van der Waals surface area contributed by atoms with Crippen molar-refractivity contribution in [3.63, 3.8) is 0 Å². The van der Waals surface area contributed by atoms with E-state index in [4.69, 9.17) is 0 Å². The molecule has 7 aromatic carbocycles. The number of para-hydroxylation sites is 1. The van der Waals surface area contributed by atoms with Gasteiger partial charge in [-0.2, -0.15) is 0 Å². The highest BCUT2D eigenvalue weighted by atomic mass is 32.1. The Morgan fingerprint density at radius 3 is 1.98 bits per heavy atom. The minimum atomic E-state index is 1.16. The zero-order chi connectivity index (χ0) is 27.3. The first-order valence-electron chi connectivity index (χ1n) is 14.0. The van der Waals surface area contributed by atoms with E-state index in [-0.39, 0.29) is 0 Å². The highest BCUT2D eigenvalue weighted by molar-refractivity contribution is 7.25. The van der Waals surface area contributed by atoms with Gasteiger partial charge in [0.15, 0.2) is 0 Å². The van der Waals surface area contributed by atoms with Crippen LogP contribution in [0.1, 0.15) is 5.56 Å². The zero-order valence-electron chi connectivity index (χ0n) is 22.7. The molecular formula is C39H27NS. The van der Waals surface area contributed by atoms with Crippen LogP contribution in [0.5, 0.6) is 0 Å². The summed E-state index contributed by atoms with van der Waals surface area (Å²) in [4.78, 5) is 2.46. The number of nitrogens with zero attached hydrogens (tertiary/aromatic N) is 1. The quantitative estimate of drug-likeness (QED) is 0.214. The van der Waals surface area contributed by atoms with Gasteiger partial charge in [0.1, 0.15) is 0 Å². The Balaban J connectivity index is 1.49. The first-order valence-corrected chi connectivity index (χ1v) is 14.8. The third-order valence-corrected chi connectivity index (χ3v) is 9.33. The summed E-state index contributed by atoms with van der Waals surface area (Å²) >= 11 is 1.86. The van der Waals surface area contributed by atoms with E-state index in [1.807, 2.05) is 11.3 Å². The Bertz CT molecular complexity index is 2230. The van der Waals surface area contributed by atoms with Crippen LogP contribution < -0.4 is 4.90 Å². The van der Waals surface area contributed by atoms with Gasteiger partial charge in [0.25, 0.3) is 0 Å². The van der Waals surface area contributed by atoms with Crippen molar-refractivity contribution >= 4 is 70.1 Å². The minimum absolute atomic E-state index is 1.16. The average molecular weight is 542 g/mol. The van der Waals surface area contributed by atoms with Gasteiger partial charge < -0.3 is 4.90 Å². The van der Waals surface area contributed by atoms with Crippen LogP contribution in [-0.4, -0.2) is 0 Å². The fourth-order valence-corrected chi connectivity index (χ4v) is 7.33. The summed E-state index contributed by atoms with van der Waals surface area (Å²) in [7, 11) is 0. The van der Waals surface area contributed by atoms with E-state index >= 15 is 0 Å². The maximum atomic E-state index is 2.46. The molecule has 0 radical (unpaired) electrons. The van der Waals surface area contributed by atoms with Gasteiger partial charge in [-0.3, -0.25) is 0 Å². The molecule has 0 N–H and O–H groups in total. The number of benzene rings is 7. The van der Waals surface area contributed by atoms with Gasteiger partial charge in [0.2, 0.25) is 0 Å². The molecule has 0 spiro atoms. The van der Waals surface area contributed by atoms with Gasteiger partial charge in [-0.1, -0.05) is 109 Å². The number of thiophene rings is 1. The first kappa shape index (κ1) is 23.9. The lowest BCUT2D eigenvalue weighted by atomic mass is 9.91. The molecule has 0 fully saturated rings. The maximum Gasteiger partial charge on any atom is 0.0546 e. The number of aryl methyl sites for hydroxylation is 1. The first-order chi connectivity index (χ1) is 20.3. The van der Waals surface area contributed by atoms with E-state index in [1.165, 1.54) is 69.8 Å². The number of hydrogen-bond donors (Lipinski definition) is 0. The second kappa shape index (κ2) is 9.62. The van der Waals surface area contributed by atoms with Crippen LogP contribution in [0.15, 0.2) is 146 Å². The smallest absolute Gasteiger partial charge is 0.0546 e. The van der Waals surface area contributed by atoms with Crippen molar-refractivity contribution in [3.8, 4) is 11.1 Å². The number of hydrogen-bond acceptors (Lipinski definition) is 2. The van der Waals surface area contributed by atoms with Crippen LogP contribution in [0.2, 0.25) is 0 Å². The van der Waals surface area contributed by atoms with Crippen molar-refractivity contribution in [3.05, 3.63) is 151 Å². The Labute approximate surface area is 243 Å². The Hall–Kier alpha value is -4.92. The lowest BCUT2D eigenvalue weighted by Gasteiger charge is -2.30. The maximum absolute atomic E-state index is 2.46.